The van der Waals surface area contributed by atoms with Gasteiger partial charge in [-0.25, -0.2) is 0 Å². The predicted octanol–water partition coefficient (Wildman–Crippen LogP) is 3.54. The SMILES string of the molecule is COc1ccc(Cl)cc1C(=O)N[C@H]1CC(=O)N(c2ccc(Cl)cc2)C1. The summed E-state index contributed by atoms with van der Waals surface area (Å²) in [6.45, 7) is 0.398. The highest BCUT2D eigenvalue weighted by Crippen LogP contribution is 2.25. The number of carbonyl (C=O) groups excluding carboxylic acids is 2. The zero-order chi connectivity index (χ0) is 18.0. The second-order valence-corrected chi connectivity index (χ2v) is 6.57. The van der Waals surface area contributed by atoms with E-state index in [4.69, 9.17) is 27.9 Å². The summed E-state index contributed by atoms with van der Waals surface area (Å²) in [7, 11) is 1.49. The van der Waals surface area contributed by atoms with Crippen molar-refractivity contribution in [2.45, 2.75) is 12.5 Å². The third kappa shape index (κ3) is 3.89. The molecule has 0 bridgehead atoms. The number of nitrogens with zero attached hydrogens (tertiary/aromatic N) is 1. The molecule has 1 aliphatic rings. The van der Waals surface area contributed by atoms with Crippen molar-refractivity contribution < 1.29 is 14.3 Å². The Morgan fingerprint density at radius 2 is 1.84 bits per heavy atom. The predicted molar refractivity (Wildman–Crippen MR) is 97.7 cm³/mol. The van der Waals surface area contributed by atoms with E-state index in [0.717, 1.165) is 5.69 Å². The molecule has 0 unspecified atom stereocenters. The Labute approximate surface area is 155 Å². The van der Waals surface area contributed by atoms with Crippen molar-refractivity contribution >= 4 is 40.7 Å². The summed E-state index contributed by atoms with van der Waals surface area (Å²) in [4.78, 5) is 26.4. The first-order valence-corrected chi connectivity index (χ1v) is 8.44. The summed E-state index contributed by atoms with van der Waals surface area (Å²) in [6, 6.07) is 11.6. The van der Waals surface area contributed by atoms with Gasteiger partial charge in [0.2, 0.25) is 5.91 Å². The number of rotatable bonds is 4. The lowest BCUT2D eigenvalue weighted by Gasteiger charge is -2.18. The van der Waals surface area contributed by atoms with Gasteiger partial charge in [0.05, 0.1) is 18.7 Å². The second kappa shape index (κ2) is 7.33. The molecule has 0 saturated carbocycles. The Hall–Kier alpha value is -2.24. The molecule has 1 fully saturated rings. The lowest BCUT2D eigenvalue weighted by atomic mass is 10.1. The molecular weight excluding hydrogens is 363 g/mol. The van der Waals surface area contributed by atoms with Gasteiger partial charge in [-0.2, -0.15) is 0 Å². The fourth-order valence-electron chi connectivity index (χ4n) is 2.80. The lowest BCUT2D eigenvalue weighted by Crippen LogP contribution is -2.37. The summed E-state index contributed by atoms with van der Waals surface area (Å²) in [5.41, 5.74) is 1.10. The van der Waals surface area contributed by atoms with Gasteiger partial charge in [0.25, 0.3) is 5.91 Å². The number of methoxy groups -OCH3 is 1. The van der Waals surface area contributed by atoms with Crippen LogP contribution in [0.4, 0.5) is 5.69 Å². The van der Waals surface area contributed by atoms with E-state index in [9.17, 15) is 9.59 Å². The maximum atomic E-state index is 12.5. The van der Waals surface area contributed by atoms with Crippen LogP contribution in [-0.4, -0.2) is 31.5 Å². The number of hydrogen-bond acceptors (Lipinski definition) is 3. The van der Waals surface area contributed by atoms with Gasteiger partial charge in [0, 0.05) is 28.7 Å². The van der Waals surface area contributed by atoms with Crippen molar-refractivity contribution in [2.75, 3.05) is 18.6 Å². The third-order valence-corrected chi connectivity index (χ3v) is 4.49. The van der Waals surface area contributed by atoms with Gasteiger partial charge in [-0.1, -0.05) is 23.2 Å². The minimum absolute atomic E-state index is 0.0503. The first-order chi connectivity index (χ1) is 12.0. The van der Waals surface area contributed by atoms with Crippen LogP contribution in [-0.2, 0) is 4.79 Å². The number of amides is 2. The van der Waals surface area contributed by atoms with E-state index in [2.05, 4.69) is 5.32 Å². The van der Waals surface area contributed by atoms with Crippen LogP contribution in [0.1, 0.15) is 16.8 Å². The molecule has 2 amide bonds. The fourth-order valence-corrected chi connectivity index (χ4v) is 3.09. The van der Waals surface area contributed by atoms with E-state index in [-0.39, 0.29) is 24.3 Å². The number of carbonyl (C=O) groups is 2. The molecule has 130 valence electrons. The summed E-state index contributed by atoms with van der Waals surface area (Å²) in [6.07, 6.45) is 0.233. The van der Waals surface area contributed by atoms with E-state index >= 15 is 0 Å². The first-order valence-electron chi connectivity index (χ1n) is 7.68. The highest BCUT2D eigenvalue weighted by atomic mass is 35.5. The molecule has 1 N–H and O–H groups in total. The van der Waals surface area contributed by atoms with Crippen LogP contribution < -0.4 is 15.0 Å². The van der Waals surface area contributed by atoms with Crippen molar-refractivity contribution in [1.82, 2.24) is 5.32 Å². The van der Waals surface area contributed by atoms with Crippen LogP contribution >= 0.6 is 23.2 Å². The molecule has 2 aromatic rings. The number of ether oxygens (including phenoxy) is 1. The number of hydrogen-bond donors (Lipinski definition) is 1. The minimum atomic E-state index is -0.324. The smallest absolute Gasteiger partial charge is 0.255 e. The minimum Gasteiger partial charge on any atom is -0.496 e. The largest absolute Gasteiger partial charge is 0.496 e. The van der Waals surface area contributed by atoms with Crippen LogP contribution in [0.3, 0.4) is 0 Å². The van der Waals surface area contributed by atoms with E-state index in [0.29, 0.717) is 27.9 Å². The van der Waals surface area contributed by atoms with Crippen LogP contribution in [0, 0.1) is 0 Å². The topological polar surface area (TPSA) is 58.6 Å². The molecule has 1 atom stereocenters. The highest BCUT2D eigenvalue weighted by Gasteiger charge is 2.32. The van der Waals surface area contributed by atoms with Crippen molar-refractivity contribution in [3.63, 3.8) is 0 Å². The van der Waals surface area contributed by atoms with E-state index in [1.54, 1.807) is 47.4 Å². The number of benzene rings is 2. The number of anilines is 1. The molecule has 0 aromatic heterocycles. The van der Waals surface area contributed by atoms with Gasteiger partial charge in [-0.05, 0) is 42.5 Å². The molecule has 0 radical (unpaired) electrons. The Kier molecular flexibility index (Phi) is 5.16. The van der Waals surface area contributed by atoms with Crippen molar-refractivity contribution in [2.24, 2.45) is 0 Å². The van der Waals surface area contributed by atoms with Crippen molar-refractivity contribution in [3.05, 3.63) is 58.1 Å². The van der Waals surface area contributed by atoms with E-state index in [1.165, 1.54) is 7.11 Å². The van der Waals surface area contributed by atoms with E-state index in [1.807, 2.05) is 0 Å². The molecule has 5 nitrogen and oxygen atoms in total. The molecule has 3 rings (SSSR count). The Morgan fingerprint density at radius 1 is 1.16 bits per heavy atom. The zero-order valence-electron chi connectivity index (χ0n) is 13.5. The van der Waals surface area contributed by atoms with E-state index < -0.39 is 0 Å². The Morgan fingerprint density at radius 3 is 2.52 bits per heavy atom. The van der Waals surface area contributed by atoms with Gasteiger partial charge in [-0.3, -0.25) is 9.59 Å². The zero-order valence-corrected chi connectivity index (χ0v) is 15.0. The van der Waals surface area contributed by atoms with Gasteiger partial charge in [0.15, 0.2) is 0 Å². The average Bonchev–Trinajstić information content (AvgIpc) is 2.95. The molecule has 0 spiro atoms. The second-order valence-electron chi connectivity index (χ2n) is 5.70. The van der Waals surface area contributed by atoms with Gasteiger partial charge < -0.3 is 15.0 Å². The molecular formula is C18H16Cl2N2O3. The lowest BCUT2D eigenvalue weighted by molar-refractivity contribution is -0.117. The summed E-state index contributed by atoms with van der Waals surface area (Å²) in [5, 5.41) is 3.92. The van der Waals surface area contributed by atoms with Gasteiger partial charge in [0.1, 0.15) is 5.75 Å². The van der Waals surface area contributed by atoms with Crippen LogP contribution in [0.25, 0.3) is 0 Å². The number of halogens is 2. The summed E-state index contributed by atoms with van der Waals surface area (Å²) >= 11 is 11.8. The monoisotopic (exact) mass is 378 g/mol. The average molecular weight is 379 g/mol. The normalized spacial score (nSPS) is 16.8. The maximum absolute atomic E-state index is 12.5. The third-order valence-electron chi connectivity index (χ3n) is 4.00. The highest BCUT2D eigenvalue weighted by molar-refractivity contribution is 6.31. The summed E-state index contributed by atoms with van der Waals surface area (Å²) < 4.78 is 5.20. The molecule has 7 heteroatoms. The quantitative estimate of drug-likeness (QED) is 0.884. The first kappa shape index (κ1) is 17.6. The Bertz CT molecular complexity index is 808. The van der Waals surface area contributed by atoms with Crippen LogP contribution in [0.2, 0.25) is 10.0 Å². The maximum Gasteiger partial charge on any atom is 0.255 e. The molecule has 1 aliphatic heterocycles. The standard InChI is InChI=1S/C18H16Cl2N2O3/c1-25-16-7-4-12(20)8-15(16)18(24)21-13-9-17(23)22(10-13)14-5-2-11(19)3-6-14/h2-8,13H,9-10H2,1H3,(H,21,24)/t13-/m0/s1. The fraction of sp³-hybridized carbons (Fsp3) is 0.222. The molecule has 1 saturated heterocycles. The molecule has 0 aliphatic carbocycles. The molecule has 2 aromatic carbocycles. The van der Waals surface area contributed by atoms with Crippen molar-refractivity contribution in [1.29, 1.82) is 0 Å². The molecule has 1 heterocycles. The summed E-state index contributed by atoms with van der Waals surface area (Å²) in [5.74, 6) is 0.0570. The van der Waals surface area contributed by atoms with Crippen molar-refractivity contribution in [3.8, 4) is 5.75 Å². The van der Waals surface area contributed by atoms with Crippen LogP contribution in [0.15, 0.2) is 42.5 Å². The molecule has 25 heavy (non-hydrogen) atoms. The van der Waals surface area contributed by atoms with Gasteiger partial charge in [-0.15, -0.1) is 0 Å². The van der Waals surface area contributed by atoms with Gasteiger partial charge >= 0.3 is 0 Å². The number of nitrogens with one attached hydrogen (secondary N) is 1. The van der Waals surface area contributed by atoms with Crippen LogP contribution in [0.5, 0.6) is 5.75 Å². The Balaban J connectivity index is 1.72.